The summed E-state index contributed by atoms with van der Waals surface area (Å²) in [6.45, 7) is 11.8. The Morgan fingerprint density at radius 2 is 1.97 bits per heavy atom. The third-order valence-electron chi connectivity index (χ3n) is 8.78. The first-order valence-corrected chi connectivity index (χ1v) is 13.7. The largest absolute Gasteiger partial charge is 0.350 e. The SMILES string of the molecule is CCC1(I)CC=NC2C(NC(=O)C3(C)C2NC[C@]3(I)C(C)CCC(=O)S)C1(C)CC. The highest BCUT2D eigenvalue weighted by Crippen LogP contribution is 2.58. The minimum atomic E-state index is -0.593. The number of alkyl halides is 2. The van der Waals surface area contributed by atoms with Crippen LogP contribution in [0.1, 0.15) is 66.7 Å². The molecular formula is C22H35I2N3O2S. The Bertz CT molecular complexity index is 752. The van der Waals surface area contributed by atoms with Crippen molar-refractivity contribution in [2.75, 3.05) is 6.54 Å². The maximum Gasteiger partial charge on any atom is 0.229 e. The van der Waals surface area contributed by atoms with Gasteiger partial charge in [0.1, 0.15) is 0 Å². The summed E-state index contributed by atoms with van der Waals surface area (Å²) in [4.78, 5) is 30.4. The van der Waals surface area contributed by atoms with Crippen molar-refractivity contribution in [1.82, 2.24) is 10.6 Å². The standard InChI is InChI=1S/C22H35I2N3O2S/c1-6-19(4)16-15(25-11-10-21(19,23)7-2)17-20(5,18(29)27-16)22(24,12-26-17)13(3)8-9-14(28)30/h11,13,15-17,26H,6-10,12H2,1-5H3,(H,27,29)(H,28,30)/t13?,15?,16?,17?,19?,20?,21?,22-/m0/s1. The van der Waals surface area contributed by atoms with Crippen molar-refractivity contribution >= 4 is 75.0 Å². The molecule has 2 saturated heterocycles. The van der Waals surface area contributed by atoms with Gasteiger partial charge in [-0.3, -0.25) is 14.6 Å². The molecule has 170 valence electrons. The number of carbonyl (C=O) groups excluding carboxylic acids is 2. The normalized spacial score (nSPS) is 46.5. The van der Waals surface area contributed by atoms with Crippen LogP contribution in [-0.4, -0.2) is 48.8 Å². The van der Waals surface area contributed by atoms with Gasteiger partial charge in [-0.05, 0) is 38.5 Å². The van der Waals surface area contributed by atoms with Crippen LogP contribution in [0.3, 0.4) is 0 Å². The number of aliphatic imine (C=N–C) groups is 1. The summed E-state index contributed by atoms with van der Waals surface area (Å²) in [5, 5.41) is 7.14. The Morgan fingerprint density at radius 3 is 2.53 bits per heavy atom. The van der Waals surface area contributed by atoms with Crippen molar-refractivity contribution in [2.24, 2.45) is 21.7 Å². The molecular weight excluding hydrogens is 624 g/mol. The van der Waals surface area contributed by atoms with E-state index in [1.54, 1.807) is 0 Å². The molecule has 0 saturated carbocycles. The van der Waals surface area contributed by atoms with Crippen LogP contribution in [0.4, 0.5) is 0 Å². The summed E-state index contributed by atoms with van der Waals surface area (Å²) in [5.74, 6) is 0.328. The van der Waals surface area contributed by atoms with E-state index in [2.05, 4.69) is 109 Å². The minimum absolute atomic E-state index is 0.00394. The van der Waals surface area contributed by atoms with E-state index in [1.165, 1.54) is 0 Å². The molecule has 0 aromatic carbocycles. The molecule has 0 bridgehead atoms. The van der Waals surface area contributed by atoms with Crippen LogP contribution in [0.15, 0.2) is 4.99 Å². The number of nitrogens with one attached hydrogen (secondary N) is 2. The lowest BCUT2D eigenvalue weighted by molar-refractivity contribution is -0.139. The van der Waals surface area contributed by atoms with E-state index in [0.717, 1.165) is 32.2 Å². The number of carbonyl (C=O) groups is 2. The number of thiol groups is 1. The fraction of sp³-hybridized carbons (Fsp3) is 0.864. The summed E-state index contributed by atoms with van der Waals surface area (Å²) in [7, 11) is 0. The lowest BCUT2D eigenvalue weighted by Crippen LogP contribution is -2.73. The number of piperidine rings is 1. The number of amides is 1. The Kier molecular flexibility index (Phi) is 7.34. The molecule has 0 aromatic rings. The predicted molar refractivity (Wildman–Crippen MR) is 143 cm³/mol. The van der Waals surface area contributed by atoms with E-state index in [-0.39, 0.29) is 47.3 Å². The van der Waals surface area contributed by atoms with Gasteiger partial charge < -0.3 is 10.6 Å². The molecule has 3 rings (SSSR count). The molecule has 30 heavy (non-hydrogen) atoms. The molecule has 2 N–H and O–H groups in total. The number of rotatable bonds is 6. The van der Waals surface area contributed by atoms with Crippen molar-refractivity contribution in [1.29, 1.82) is 0 Å². The highest BCUT2D eigenvalue weighted by atomic mass is 127. The van der Waals surface area contributed by atoms with Crippen molar-refractivity contribution in [3.8, 4) is 0 Å². The number of fused-ring (bicyclic) bond motifs is 3. The zero-order valence-corrected chi connectivity index (χ0v) is 23.8. The lowest BCUT2D eigenvalue weighted by atomic mass is 9.58. The van der Waals surface area contributed by atoms with Crippen LogP contribution in [0, 0.1) is 16.7 Å². The summed E-state index contributed by atoms with van der Waals surface area (Å²) >= 11 is 9.07. The Morgan fingerprint density at radius 1 is 1.30 bits per heavy atom. The quantitative estimate of drug-likeness (QED) is 0.226. The molecule has 7 unspecified atom stereocenters. The van der Waals surface area contributed by atoms with Crippen LogP contribution in [0.5, 0.6) is 0 Å². The van der Waals surface area contributed by atoms with E-state index >= 15 is 0 Å². The lowest BCUT2D eigenvalue weighted by Gasteiger charge is -2.56. The first kappa shape index (κ1) is 25.2. The molecule has 3 aliphatic heterocycles. The van der Waals surface area contributed by atoms with Crippen LogP contribution in [0.2, 0.25) is 0 Å². The summed E-state index contributed by atoms with van der Waals surface area (Å²) < 4.78 is -0.228. The number of nitrogens with zero attached hydrogens (tertiary/aromatic N) is 1. The summed E-state index contributed by atoms with van der Waals surface area (Å²) in [6, 6.07) is 0.000442. The average molecular weight is 659 g/mol. The maximum absolute atomic E-state index is 13.8. The van der Waals surface area contributed by atoms with E-state index in [0.29, 0.717) is 6.42 Å². The zero-order valence-electron chi connectivity index (χ0n) is 18.6. The molecule has 8 heteroatoms. The topological polar surface area (TPSA) is 70.6 Å². The van der Waals surface area contributed by atoms with Gasteiger partial charge in [-0.15, -0.1) is 12.6 Å². The first-order chi connectivity index (χ1) is 13.9. The van der Waals surface area contributed by atoms with Crippen molar-refractivity contribution in [3.63, 3.8) is 0 Å². The molecule has 0 radical (unpaired) electrons. The predicted octanol–water partition coefficient (Wildman–Crippen LogP) is 4.35. The molecule has 1 amide bonds. The van der Waals surface area contributed by atoms with Crippen molar-refractivity contribution in [3.05, 3.63) is 0 Å². The molecule has 0 spiro atoms. The van der Waals surface area contributed by atoms with Gasteiger partial charge in [-0.1, -0.05) is 72.9 Å². The summed E-state index contributed by atoms with van der Waals surface area (Å²) in [6.07, 6.45) is 6.25. The van der Waals surface area contributed by atoms with E-state index in [1.807, 2.05) is 0 Å². The maximum atomic E-state index is 13.8. The van der Waals surface area contributed by atoms with E-state index in [9.17, 15) is 9.59 Å². The summed E-state index contributed by atoms with van der Waals surface area (Å²) in [5.41, 5.74) is -0.646. The highest BCUT2D eigenvalue weighted by Gasteiger charge is 2.69. The highest BCUT2D eigenvalue weighted by molar-refractivity contribution is 14.1. The van der Waals surface area contributed by atoms with Gasteiger partial charge in [0.15, 0.2) is 5.12 Å². The van der Waals surface area contributed by atoms with Gasteiger partial charge >= 0.3 is 0 Å². The van der Waals surface area contributed by atoms with Crippen LogP contribution in [-0.2, 0) is 9.59 Å². The van der Waals surface area contributed by atoms with Gasteiger partial charge in [-0.25, -0.2) is 0 Å². The Labute approximate surface area is 213 Å². The van der Waals surface area contributed by atoms with Gasteiger partial charge in [0, 0.05) is 34.1 Å². The Hall–Kier alpha value is 0.580. The average Bonchev–Trinajstić information content (AvgIpc) is 2.94. The van der Waals surface area contributed by atoms with Gasteiger partial charge in [0.25, 0.3) is 0 Å². The van der Waals surface area contributed by atoms with E-state index in [4.69, 9.17) is 4.99 Å². The zero-order chi connectivity index (χ0) is 22.5. The van der Waals surface area contributed by atoms with Gasteiger partial charge in [0.2, 0.25) is 5.91 Å². The molecule has 0 aromatic heterocycles. The smallest absolute Gasteiger partial charge is 0.229 e. The second-order valence-electron chi connectivity index (χ2n) is 9.82. The monoisotopic (exact) mass is 659 g/mol. The van der Waals surface area contributed by atoms with Crippen LogP contribution < -0.4 is 10.6 Å². The van der Waals surface area contributed by atoms with Crippen molar-refractivity contribution < 1.29 is 9.59 Å². The number of hydrogen-bond acceptors (Lipinski definition) is 4. The fourth-order valence-electron chi connectivity index (χ4n) is 6.14. The van der Waals surface area contributed by atoms with Gasteiger partial charge in [0.05, 0.1) is 20.9 Å². The molecule has 8 atom stereocenters. The van der Waals surface area contributed by atoms with Gasteiger partial charge in [-0.2, -0.15) is 0 Å². The number of hydrogen-bond donors (Lipinski definition) is 3. The second kappa shape index (κ2) is 8.74. The first-order valence-electron chi connectivity index (χ1n) is 11.1. The minimum Gasteiger partial charge on any atom is -0.350 e. The van der Waals surface area contributed by atoms with Crippen LogP contribution in [0.25, 0.3) is 0 Å². The number of halogens is 2. The third-order valence-corrected chi connectivity index (χ3v) is 14.0. The Balaban J connectivity index is 2.01. The second-order valence-corrected chi connectivity index (χ2v) is 14.3. The van der Waals surface area contributed by atoms with Crippen LogP contribution >= 0.6 is 57.8 Å². The molecule has 0 aliphatic carbocycles. The molecule has 5 nitrogen and oxygen atoms in total. The molecule has 3 aliphatic rings. The van der Waals surface area contributed by atoms with E-state index < -0.39 is 5.41 Å². The molecule has 3 heterocycles. The third kappa shape index (κ3) is 3.52. The molecule has 2 fully saturated rings. The fourth-order valence-corrected chi connectivity index (χ4v) is 8.30. The van der Waals surface area contributed by atoms with Crippen molar-refractivity contribution in [2.45, 2.75) is 91.7 Å².